The first-order chi connectivity index (χ1) is 12.8. The van der Waals surface area contributed by atoms with Crippen LogP contribution in [-0.2, 0) is 6.54 Å². The van der Waals surface area contributed by atoms with E-state index in [0.29, 0.717) is 24.0 Å². The molecule has 1 aliphatic heterocycles. The van der Waals surface area contributed by atoms with E-state index in [4.69, 9.17) is 0 Å². The molecule has 1 amide bonds. The zero-order chi connectivity index (χ0) is 17.8. The molecule has 0 aliphatic carbocycles. The van der Waals surface area contributed by atoms with Crippen LogP contribution >= 0.6 is 11.3 Å². The summed E-state index contributed by atoms with van der Waals surface area (Å²) in [6.45, 7) is 2.64. The summed E-state index contributed by atoms with van der Waals surface area (Å²) in [4.78, 5) is 21.0. The lowest BCUT2D eigenvalue weighted by atomic mass is 10.0. The molecule has 0 spiro atoms. The first-order valence-corrected chi connectivity index (χ1v) is 9.56. The second-order valence-electron chi connectivity index (χ2n) is 6.32. The van der Waals surface area contributed by atoms with Crippen LogP contribution in [0, 0.1) is 0 Å². The molecule has 0 aromatic carbocycles. The average molecular weight is 368 g/mol. The molecule has 8 heteroatoms. The Labute approximate surface area is 155 Å². The number of pyridine rings is 1. The van der Waals surface area contributed by atoms with E-state index in [0.717, 1.165) is 36.5 Å². The second-order valence-corrected chi connectivity index (χ2v) is 7.21. The molecule has 7 nitrogen and oxygen atoms in total. The summed E-state index contributed by atoms with van der Waals surface area (Å²) in [6, 6.07) is 5.67. The standard InChI is InChI=1S/C18H20N6OS/c25-17(15-12-26-18(21-15)14-2-1-6-20-10-14)22-16-5-9-24(23-16)11-13-3-7-19-8-4-13/h3-5,7-9,12,14,20H,1-2,6,10-11H2,(H,22,23,25). The smallest absolute Gasteiger partial charge is 0.276 e. The van der Waals surface area contributed by atoms with Crippen LogP contribution in [0.3, 0.4) is 0 Å². The molecule has 0 saturated carbocycles. The van der Waals surface area contributed by atoms with Gasteiger partial charge in [-0.15, -0.1) is 11.3 Å². The Morgan fingerprint density at radius 2 is 2.23 bits per heavy atom. The molecule has 4 rings (SSSR count). The molecule has 26 heavy (non-hydrogen) atoms. The molecule has 1 atom stereocenters. The number of rotatable bonds is 5. The molecule has 134 valence electrons. The van der Waals surface area contributed by atoms with Crippen molar-refractivity contribution in [1.29, 1.82) is 0 Å². The number of carbonyl (C=O) groups excluding carboxylic acids is 1. The summed E-state index contributed by atoms with van der Waals surface area (Å²) in [5.74, 6) is 0.721. The van der Waals surface area contributed by atoms with Crippen LogP contribution in [0.4, 0.5) is 5.82 Å². The minimum atomic E-state index is -0.217. The summed E-state index contributed by atoms with van der Waals surface area (Å²) in [5.41, 5.74) is 1.56. The van der Waals surface area contributed by atoms with Crippen molar-refractivity contribution in [3.63, 3.8) is 0 Å². The minimum absolute atomic E-state index is 0.217. The monoisotopic (exact) mass is 368 g/mol. The third-order valence-corrected chi connectivity index (χ3v) is 5.38. The average Bonchev–Trinajstić information content (AvgIpc) is 3.33. The zero-order valence-electron chi connectivity index (χ0n) is 14.3. The molecule has 1 saturated heterocycles. The van der Waals surface area contributed by atoms with E-state index in [1.165, 1.54) is 0 Å². The fraction of sp³-hybridized carbons (Fsp3) is 0.333. The minimum Gasteiger partial charge on any atom is -0.316 e. The first-order valence-electron chi connectivity index (χ1n) is 8.68. The van der Waals surface area contributed by atoms with E-state index in [-0.39, 0.29) is 5.91 Å². The van der Waals surface area contributed by atoms with Crippen LogP contribution < -0.4 is 10.6 Å². The number of piperidine rings is 1. The highest BCUT2D eigenvalue weighted by atomic mass is 32.1. The Hall–Kier alpha value is -2.58. The largest absolute Gasteiger partial charge is 0.316 e. The van der Waals surface area contributed by atoms with Gasteiger partial charge < -0.3 is 10.6 Å². The number of aromatic nitrogens is 4. The van der Waals surface area contributed by atoms with Gasteiger partial charge in [-0.3, -0.25) is 14.5 Å². The third kappa shape index (κ3) is 3.97. The van der Waals surface area contributed by atoms with Gasteiger partial charge in [-0.1, -0.05) is 0 Å². The molecule has 3 aromatic heterocycles. The van der Waals surface area contributed by atoms with Crippen molar-refractivity contribution in [2.45, 2.75) is 25.3 Å². The second kappa shape index (κ2) is 7.76. The highest BCUT2D eigenvalue weighted by molar-refractivity contribution is 7.10. The Morgan fingerprint density at radius 3 is 3.04 bits per heavy atom. The number of anilines is 1. The van der Waals surface area contributed by atoms with Gasteiger partial charge in [0.2, 0.25) is 0 Å². The van der Waals surface area contributed by atoms with Crippen molar-refractivity contribution in [1.82, 2.24) is 25.1 Å². The quantitative estimate of drug-likeness (QED) is 0.723. The first kappa shape index (κ1) is 16.9. The predicted octanol–water partition coefficient (Wildman–Crippen LogP) is 2.50. The number of nitrogens with one attached hydrogen (secondary N) is 2. The maximum atomic E-state index is 12.4. The summed E-state index contributed by atoms with van der Waals surface area (Å²) >= 11 is 1.56. The summed E-state index contributed by atoms with van der Waals surface area (Å²) in [5, 5.41) is 13.5. The maximum absolute atomic E-state index is 12.4. The topological polar surface area (TPSA) is 84.7 Å². The molecule has 3 aromatic rings. The molecule has 1 unspecified atom stereocenters. The number of thiazole rings is 1. The molecule has 1 aliphatic rings. The van der Waals surface area contributed by atoms with E-state index in [2.05, 4.69) is 25.7 Å². The van der Waals surface area contributed by atoms with E-state index < -0.39 is 0 Å². The van der Waals surface area contributed by atoms with Gasteiger partial charge in [-0.05, 0) is 37.1 Å². The van der Waals surface area contributed by atoms with Gasteiger partial charge in [0.1, 0.15) is 5.69 Å². The summed E-state index contributed by atoms with van der Waals surface area (Å²) in [7, 11) is 0. The fourth-order valence-corrected chi connectivity index (χ4v) is 3.95. The van der Waals surface area contributed by atoms with Crippen molar-refractivity contribution >= 4 is 23.1 Å². The lowest BCUT2D eigenvalue weighted by Gasteiger charge is -2.20. The Morgan fingerprint density at radius 1 is 1.35 bits per heavy atom. The third-order valence-electron chi connectivity index (χ3n) is 4.38. The lowest BCUT2D eigenvalue weighted by molar-refractivity contribution is 0.102. The number of hydrogen-bond donors (Lipinski definition) is 2. The van der Waals surface area contributed by atoms with E-state index in [9.17, 15) is 4.79 Å². The normalized spacial score (nSPS) is 17.2. The van der Waals surface area contributed by atoms with Crippen LogP contribution in [0.5, 0.6) is 0 Å². The lowest BCUT2D eigenvalue weighted by Crippen LogP contribution is -2.28. The van der Waals surface area contributed by atoms with Gasteiger partial charge in [0.15, 0.2) is 5.82 Å². The molecule has 0 radical (unpaired) electrons. The molecule has 0 bridgehead atoms. The van der Waals surface area contributed by atoms with Crippen molar-refractivity contribution in [2.75, 3.05) is 18.4 Å². The predicted molar refractivity (Wildman–Crippen MR) is 100 cm³/mol. The number of hydrogen-bond acceptors (Lipinski definition) is 6. The summed E-state index contributed by atoms with van der Waals surface area (Å²) in [6.07, 6.45) is 7.63. The van der Waals surface area contributed by atoms with Gasteiger partial charge in [-0.25, -0.2) is 4.98 Å². The van der Waals surface area contributed by atoms with Crippen LogP contribution in [0.15, 0.2) is 42.2 Å². The van der Waals surface area contributed by atoms with Crippen LogP contribution in [-0.4, -0.2) is 38.7 Å². The highest BCUT2D eigenvalue weighted by Crippen LogP contribution is 2.26. The zero-order valence-corrected chi connectivity index (χ0v) is 15.1. The summed E-state index contributed by atoms with van der Waals surface area (Å²) < 4.78 is 1.78. The van der Waals surface area contributed by atoms with Gasteiger partial charge in [0, 0.05) is 42.5 Å². The maximum Gasteiger partial charge on any atom is 0.276 e. The Balaban J connectivity index is 1.38. The van der Waals surface area contributed by atoms with Gasteiger partial charge >= 0.3 is 0 Å². The number of carbonyl (C=O) groups is 1. The van der Waals surface area contributed by atoms with Crippen LogP contribution in [0.1, 0.15) is 39.8 Å². The van der Waals surface area contributed by atoms with Crippen molar-refractivity contribution in [3.8, 4) is 0 Å². The van der Waals surface area contributed by atoms with Gasteiger partial charge in [0.25, 0.3) is 5.91 Å². The van der Waals surface area contributed by atoms with Crippen molar-refractivity contribution in [2.24, 2.45) is 0 Å². The molecular weight excluding hydrogens is 348 g/mol. The number of nitrogens with zero attached hydrogens (tertiary/aromatic N) is 4. The SMILES string of the molecule is O=C(Nc1ccn(Cc2ccncc2)n1)c1csc(C2CCCNC2)n1. The van der Waals surface area contributed by atoms with Crippen molar-refractivity contribution < 1.29 is 4.79 Å². The van der Waals surface area contributed by atoms with Gasteiger partial charge in [-0.2, -0.15) is 5.10 Å². The molecule has 4 heterocycles. The fourth-order valence-electron chi connectivity index (χ4n) is 3.01. The van der Waals surface area contributed by atoms with Gasteiger partial charge in [0.05, 0.1) is 11.6 Å². The van der Waals surface area contributed by atoms with Crippen molar-refractivity contribution in [3.05, 3.63) is 58.4 Å². The molecule has 2 N–H and O–H groups in total. The highest BCUT2D eigenvalue weighted by Gasteiger charge is 2.20. The Kier molecular flexibility index (Phi) is 5.03. The van der Waals surface area contributed by atoms with E-state index in [1.807, 2.05) is 23.7 Å². The Bertz CT molecular complexity index is 869. The van der Waals surface area contributed by atoms with E-state index >= 15 is 0 Å². The molecular formula is C18H20N6OS. The van der Waals surface area contributed by atoms with Crippen LogP contribution in [0.2, 0.25) is 0 Å². The van der Waals surface area contributed by atoms with Crippen LogP contribution in [0.25, 0.3) is 0 Å². The molecule has 1 fully saturated rings. The van der Waals surface area contributed by atoms with E-state index in [1.54, 1.807) is 34.5 Å². The number of amides is 1.